The number of benzene rings is 1. The van der Waals surface area contributed by atoms with Crippen LogP contribution in [0, 0.1) is 5.82 Å². The van der Waals surface area contributed by atoms with Crippen LogP contribution in [0.5, 0.6) is 0 Å². The molecule has 25 heavy (non-hydrogen) atoms. The van der Waals surface area contributed by atoms with Gasteiger partial charge in [0.25, 0.3) is 5.91 Å². The summed E-state index contributed by atoms with van der Waals surface area (Å²) in [7, 11) is 0. The molecule has 1 aromatic carbocycles. The Morgan fingerprint density at radius 1 is 1.00 bits per heavy atom. The van der Waals surface area contributed by atoms with Crippen LogP contribution in [0.25, 0.3) is 0 Å². The van der Waals surface area contributed by atoms with E-state index in [0.29, 0.717) is 43.4 Å². The topological polar surface area (TPSA) is 78.4 Å². The Labute approximate surface area is 144 Å². The van der Waals surface area contributed by atoms with Gasteiger partial charge in [-0.2, -0.15) is 0 Å². The molecule has 8 heteroatoms. The number of hydrogen-bond donors (Lipinski definition) is 1. The van der Waals surface area contributed by atoms with E-state index in [2.05, 4.69) is 15.3 Å². The predicted molar refractivity (Wildman–Crippen MR) is 89.9 cm³/mol. The number of aromatic nitrogens is 2. The molecule has 7 nitrogen and oxygen atoms in total. The van der Waals surface area contributed by atoms with Crippen LogP contribution in [-0.2, 0) is 4.79 Å². The van der Waals surface area contributed by atoms with Crippen LogP contribution in [0.3, 0.4) is 0 Å². The fourth-order valence-electron chi connectivity index (χ4n) is 2.57. The van der Waals surface area contributed by atoms with E-state index in [1.807, 2.05) is 0 Å². The van der Waals surface area contributed by atoms with Gasteiger partial charge in [-0.1, -0.05) is 0 Å². The van der Waals surface area contributed by atoms with Crippen molar-refractivity contribution in [2.24, 2.45) is 0 Å². The lowest BCUT2D eigenvalue weighted by molar-refractivity contribution is -0.130. The zero-order valence-corrected chi connectivity index (χ0v) is 13.8. The molecule has 0 spiro atoms. The van der Waals surface area contributed by atoms with E-state index >= 15 is 0 Å². The number of hydrogen-bond acceptors (Lipinski definition) is 5. The Balaban J connectivity index is 1.61. The Kier molecular flexibility index (Phi) is 4.87. The van der Waals surface area contributed by atoms with Gasteiger partial charge < -0.3 is 15.1 Å². The van der Waals surface area contributed by atoms with Crippen molar-refractivity contribution in [1.29, 1.82) is 0 Å². The molecule has 1 aromatic heterocycles. The first-order valence-electron chi connectivity index (χ1n) is 7.92. The van der Waals surface area contributed by atoms with Gasteiger partial charge in [0, 0.05) is 51.2 Å². The number of carbonyl (C=O) groups excluding carboxylic acids is 2. The molecule has 0 atom stereocenters. The molecule has 1 saturated heterocycles. The zero-order valence-electron chi connectivity index (χ0n) is 13.8. The fourth-order valence-corrected chi connectivity index (χ4v) is 2.57. The second-order valence-electron chi connectivity index (χ2n) is 5.73. The van der Waals surface area contributed by atoms with E-state index in [9.17, 15) is 14.0 Å². The van der Waals surface area contributed by atoms with Gasteiger partial charge >= 0.3 is 0 Å². The number of halogens is 1. The highest BCUT2D eigenvalue weighted by Crippen LogP contribution is 2.14. The third kappa shape index (κ3) is 4.09. The van der Waals surface area contributed by atoms with Crippen molar-refractivity contribution >= 4 is 23.5 Å². The summed E-state index contributed by atoms with van der Waals surface area (Å²) in [6.45, 7) is 3.58. The fraction of sp³-hybridized carbons (Fsp3) is 0.294. The molecule has 0 saturated carbocycles. The second-order valence-corrected chi connectivity index (χ2v) is 5.73. The lowest BCUT2D eigenvalue weighted by atomic mass is 10.2. The van der Waals surface area contributed by atoms with Crippen LogP contribution in [0.1, 0.15) is 17.3 Å². The molecule has 3 rings (SSSR count). The molecule has 2 aromatic rings. The molecular weight excluding hydrogens is 325 g/mol. The number of rotatable bonds is 3. The van der Waals surface area contributed by atoms with Crippen LogP contribution in [0.4, 0.5) is 16.0 Å². The summed E-state index contributed by atoms with van der Waals surface area (Å²) in [5.41, 5.74) is 1.04. The predicted octanol–water partition coefficient (Wildman–Crippen LogP) is 1.66. The summed E-state index contributed by atoms with van der Waals surface area (Å²) >= 11 is 0. The average molecular weight is 343 g/mol. The number of piperazine rings is 1. The molecule has 1 fully saturated rings. The minimum atomic E-state index is -0.322. The largest absolute Gasteiger partial charge is 0.339 e. The van der Waals surface area contributed by atoms with Crippen LogP contribution in [0.2, 0.25) is 0 Å². The summed E-state index contributed by atoms with van der Waals surface area (Å²) in [4.78, 5) is 35.4. The van der Waals surface area contributed by atoms with Crippen molar-refractivity contribution in [1.82, 2.24) is 19.8 Å². The summed E-state index contributed by atoms with van der Waals surface area (Å²) in [6, 6.07) is 5.82. The minimum Gasteiger partial charge on any atom is -0.339 e. The molecule has 130 valence electrons. The number of carbonyl (C=O) groups is 2. The molecular formula is C17H18FN5O2. The van der Waals surface area contributed by atoms with Gasteiger partial charge in [0.1, 0.15) is 5.82 Å². The van der Waals surface area contributed by atoms with Crippen molar-refractivity contribution in [3.63, 3.8) is 0 Å². The normalized spacial score (nSPS) is 14.3. The molecule has 2 heterocycles. The van der Waals surface area contributed by atoms with Gasteiger partial charge in [-0.3, -0.25) is 9.59 Å². The van der Waals surface area contributed by atoms with Crippen LogP contribution >= 0.6 is 0 Å². The molecule has 0 unspecified atom stereocenters. The zero-order chi connectivity index (χ0) is 17.8. The molecule has 1 aliphatic rings. The minimum absolute atomic E-state index is 0.0200. The lowest BCUT2D eigenvalue weighted by Gasteiger charge is -2.34. The van der Waals surface area contributed by atoms with Gasteiger partial charge in [0.15, 0.2) is 0 Å². The Morgan fingerprint density at radius 2 is 1.56 bits per heavy atom. The van der Waals surface area contributed by atoms with E-state index < -0.39 is 0 Å². The van der Waals surface area contributed by atoms with Gasteiger partial charge in [-0.15, -0.1) is 0 Å². The second kappa shape index (κ2) is 7.25. The highest BCUT2D eigenvalue weighted by molar-refractivity contribution is 5.94. The maximum atomic E-state index is 12.9. The first-order valence-corrected chi connectivity index (χ1v) is 7.92. The highest BCUT2D eigenvalue weighted by atomic mass is 19.1. The summed E-state index contributed by atoms with van der Waals surface area (Å²) in [6.07, 6.45) is 2.91. The lowest BCUT2D eigenvalue weighted by Crippen LogP contribution is -2.50. The van der Waals surface area contributed by atoms with E-state index in [0.717, 1.165) is 0 Å². The van der Waals surface area contributed by atoms with Crippen molar-refractivity contribution in [3.8, 4) is 0 Å². The summed E-state index contributed by atoms with van der Waals surface area (Å²) < 4.78 is 12.9. The molecule has 0 aliphatic carbocycles. The van der Waals surface area contributed by atoms with Crippen molar-refractivity contribution in [3.05, 3.63) is 48.0 Å². The third-order valence-electron chi connectivity index (χ3n) is 4.01. The maximum Gasteiger partial charge on any atom is 0.257 e. The van der Waals surface area contributed by atoms with Crippen molar-refractivity contribution in [2.45, 2.75) is 6.92 Å². The number of nitrogens with zero attached hydrogens (tertiary/aromatic N) is 4. The van der Waals surface area contributed by atoms with Gasteiger partial charge in [0.2, 0.25) is 11.9 Å². The van der Waals surface area contributed by atoms with Crippen LogP contribution < -0.4 is 5.32 Å². The Hall–Kier alpha value is -3.03. The molecule has 0 radical (unpaired) electrons. The third-order valence-corrected chi connectivity index (χ3v) is 4.01. The van der Waals surface area contributed by atoms with E-state index in [1.165, 1.54) is 31.5 Å². The quantitative estimate of drug-likeness (QED) is 0.917. The first kappa shape index (κ1) is 16.8. The smallest absolute Gasteiger partial charge is 0.257 e. The number of amides is 2. The maximum absolute atomic E-state index is 12.9. The van der Waals surface area contributed by atoms with Gasteiger partial charge in [-0.05, 0) is 24.3 Å². The molecule has 2 amide bonds. The van der Waals surface area contributed by atoms with Gasteiger partial charge in [-0.25, -0.2) is 14.4 Å². The van der Waals surface area contributed by atoms with Crippen molar-refractivity contribution < 1.29 is 14.0 Å². The van der Waals surface area contributed by atoms with Crippen molar-refractivity contribution in [2.75, 3.05) is 31.5 Å². The summed E-state index contributed by atoms with van der Waals surface area (Å²) in [5, 5.41) is 2.94. The molecule has 1 aliphatic heterocycles. The van der Waals surface area contributed by atoms with E-state index in [-0.39, 0.29) is 17.6 Å². The number of anilines is 2. The standard InChI is InChI=1S/C17H18FN5O2/c1-12(24)22-6-8-23(9-7-22)16(25)13-10-19-17(20-11-13)21-15-4-2-14(18)3-5-15/h2-5,10-11H,6-9H2,1H3,(H,19,20,21). The SMILES string of the molecule is CC(=O)N1CCN(C(=O)c2cnc(Nc3ccc(F)cc3)nc2)CC1. The molecule has 0 bridgehead atoms. The Bertz CT molecular complexity index is 756. The van der Waals surface area contributed by atoms with E-state index in [4.69, 9.17) is 0 Å². The molecule has 1 N–H and O–H groups in total. The Morgan fingerprint density at radius 3 is 2.12 bits per heavy atom. The summed E-state index contributed by atoms with van der Waals surface area (Å²) in [5.74, 6) is -0.134. The van der Waals surface area contributed by atoms with Crippen LogP contribution in [0.15, 0.2) is 36.7 Å². The average Bonchev–Trinajstić information content (AvgIpc) is 2.64. The highest BCUT2D eigenvalue weighted by Gasteiger charge is 2.23. The number of nitrogens with one attached hydrogen (secondary N) is 1. The monoisotopic (exact) mass is 343 g/mol. The van der Waals surface area contributed by atoms with E-state index in [1.54, 1.807) is 21.9 Å². The first-order chi connectivity index (χ1) is 12.0. The van der Waals surface area contributed by atoms with Gasteiger partial charge in [0.05, 0.1) is 5.56 Å². The van der Waals surface area contributed by atoms with Crippen LogP contribution in [-0.4, -0.2) is 57.8 Å².